The van der Waals surface area contributed by atoms with Crippen molar-refractivity contribution in [1.82, 2.24) is 15.2 Å². The second kappa shape index (κ2) is 14.0. The van der Waals surface area contributed by atoms with E-state index in [-0.39, 0.29) is 24.1 Å². The molecule has 0 spiro atoms. The zero-order chi connectivity index (χ0) is 26.6. The lowest BCUT2D eigenvalue weighted by Gasteiger charge is -2.23. The van der Waals surface area contributed by atoms with Crippen molar-refractivity contribution in [3.63, 3.8) is 0 Å². The first kappa shape index (κ1) is 27.7. The number of likely N-dealkylation sites (N-methyl/N-ethyl adjacent to an activating group) is 1. The highest BCUT2D eigenvalue weighted by Crippen LogP contribution is 2.29. The van der Waals surface area contributed by atoms with Gasteiger partial charge in [-0.25, -0.2) is 5.01 Å². The van der Waals surface area contributed by atoms with E-state index in [0.717, 1.165) is 24.1 Å². The Balaban J connectivity index is 1.69. The van der Waals surface area contributed by atoms with E-state index >= 15 is 0 Å². The number of amides is 2. The zero-order valence-corrected chi connectivity index (χ0v) is 21.9. The number of oxime groups is 1. The topological polar surface area (TPSA) is 105 Å². The largest absolute Gasteiger partial charge is 0.493 e. The Morgan fingerprint density at radius 3 is 2.62 bits per heavy atom. The molecule has 0 atom stereocenters. The normalized spacial score (nSPS) is 13.7. The third-order valence-corrected chi connectivity index (χ3v) is 5.56. The number of carbonyl (C=O) groups is 2. The second-order valence-electron chi connectivity index (χ2n) is 8.60. The third kappa shape index (κ3) is 8.04. The van der Waals surface area contributed by atoms with Crippen LogP contribution in [0.3, 0.4) is 0 Å². The van der Waals surface area contributed by atoms with Gasteiger partial charge in [-0.1, -0.05) is 35.5 Å². The molecule has 10 heteroatoms. The molecule has 0 bridgehead atoms. The molecule has 3 rings (SSSR count). The molecule has 1 heterocycles. The van der Waals surface area contributed by atoms with Crippen molar-refractivity contribution in [2.45, 2.75) is 19.8 Å². The van der Waals surface area contributed by atoms with Crippen molar-refractivity contribution in [2.24, 2.45) is 10.3 Å². The first-order valence-electron chi connectivity index (χ1n) is 12.3. The molecule has 37 heavy (non-hydrogen) atoms. The van der Waals surface area contributed by atoms with Crippen molar-refractivity contribution in [2.75, 3.05) is 54.1 Å². The molecule has 0 aromatic heterocycles. The Kier molecular flexibility index (Phi) is 10.5. The summed E-state index contributed by atoms with van der Waals surface area (Å²) in [6.07, 6.45) is 1.49. The maximum Gasteiger partial charge on any atom is 0.283 e. The first-order valence-corrected chi connectivity index (χ1v) is 12.3. The predicted octanol–water partition coefficient (Wildman–Crippen LogP) is 2.52. The van der Waals surface area contributed by atoms with Crippen LogP contribution in [0.5, 0.6) is 11.5 Å². The average molecular weight is 510 g/mol. The number of nitrogens with one attached hydrogen (secondary N) is 1. The van der Waals surface area contributed by atoms with Crippen LogP contribution in [0.1, 0.15) is 30.9 Å². The van der Waals surface area contributed by atoms with Crippen LogP contribution in [0.15, 0.2) is 58.8 Å². The summed E-state index contributed by atoms with van der Waals surface area (Å²) in [5.41, 5.74) is 2.34. The number of hydrogen-bond acceptors (Lipinski definition) is 8. The van der Waals surface area contributed by atoms with E-state index in [4.69, 9.17) is 14.3 Å². The fourth-order valence-corrected chi connectivity index (χ4v) is 3.67. The van der Waals surface area contributed by atoms with Crippen LogP contribution in [0.4, 0.5) is 0 Å². The van der Waals surface area contributed by atoms with Crippen LogP contribution < -0.4 is 14.8 Å². The van der Waals surface area contributed by atoms with Crippen molar-refractivity contribution in [1.29, 1.82) is 0 Å². The number of benzene rings is 2. The maximum absolute atomic E-state index is 12.9. The van der Waals surface area contributed by atoms with Crippen molar-refractivity contribution >= 4 is 23.2 Å². The minimum absolute atomic E-state index is 0.108. The predicted molar refractivity (Wildman–Crippen MR) is 142 cm³/mol. The van der Waals surface area contributed by atoms with Gasteiger partial charge in [-0.15, -0.1) is 0 Å². The Morgan fingerprint density at radius 2 is 1.92 bits per heavy atom. The highest BCUT2D eigenvalue weighted by molar-refractivity contribution is 6.45. The van der Waals surface area contributed by atoms with Gasteiger partial charge in [0.2, 0.25) is 0 Å². The lowest BCUT2D eigenvalue weighted by atomic mass is 10.0. The molecule has 0 fully saturated rings. The van der Waals surface area contributed by atoms with Gasteiger partial charge < -0.3 is 24.5 Å². The van der Waals surface area contributed by atoms with Gasteiger partial charge in [0.1, 0.15) is 0 Å². The van der Waals surface area contributed by atoms with Crippen molar-refractivity contribution in [3.8, 4) is 11.5 Å². The van der Waals surface area contributed by atoms with Gasteiger partial charge >= 0.3 is 0 Å². The quantitative estimate of drug-likeness (QED) is 0.348. The van der Waals surface area contributed by atoms with Gasteiger partial charge in [0, 0.05) is 30.8 Å². The first-order chi connectivity index (χ1) is 17.9. The van der Waals surface area contributed by atoms with Gasteiger partial charge in [-0.3, -0.25) is 9.59 Å². The third-order valence-electron chi connectivity index (χ3n) is 5.56. The van der Waals surface area contributed by atoms with Crippen LogP contribution in [0.2, 0.25) is 0 Å². The van der Waals surface area contributed by atoms with Crippen LogP contribution in [-0.2, 0) is 14.4 Å². The number of ether oxygens (including phenoxy) is 2. The SMILES string of the molecule is CCOc1cc(C2=NN(C(=O)CON=C(C(=O)NCCN(C)C)c3ccccc3)CCC2)ccc1OC. The Hall–Kier alpha value is -3.92. The van der Waals surface area contributed by atoms with Gasteiger partial charge in [0.05, 0.1) is 19.4 Å². The molecule has 0 radical (unpaired) electrons. The Labute approximate surface area is 217 Å². The number of nitrogens with zero attached hydrogens (tertiary/aromatic N) is 4. The van der Waals surface area contributed by atoms with E-state index in [9.17, 15) is 9.59 Å². The highest BCUT2D eigenvalue weighted by Gasteiger charge is 2.21. The molecule has 0 unspecified atom stereocenters. The molecule has 0 aliphatic carbocycles. The van der Waals surface area contributed by atoms with Gasteiger partial charge in [0.25, 0.3) is 11.8 Å². The summed E-state index contributed by atoms with van der Waals surface area (Å²) in [4.78, 5) is 32.9. The molecule has 198 valence electrons. The molecule has 0 saturated carbocycles. The van der Waals surface area contributed by atoms with Crippen molar-refractivity contribution < 1.29 is 23.9 Å². The van der Waals surface area contributed by atoms with E-state index in [0.29, 0.717) is 43.3 Å². The lowest BCUT2D eigenvalue weighted by molar-refractivity contribution is -0.136. The molecular weight excluding hydrogens is 474 g/mol. The summed E-state index contributed by atoms with van der Waals surface area (Å²) in [5, 5.41) is 12.8. The molecule has 2 aromatic carbocycles. The van der Waals surface area contributed by atoms with Crippen LogP contribution in [0, 0.1) is 0 Å². The molecule has 1 aliphatic rings. The molecular formula is C27H35N5O5. The fraction of sp³-hybridized carbons (Fsp3) is 0.407. The van der Waals surface area contributed by atoms with E-state index in [1.165, 1.54) is 5.01 Å². The maximum atomic E-state index is 12.9. The summed E-state index contributed by atoms with van der Waals surface area (Å²) < 4.78 is 11.0. The summed E-state index contributed by atoms with van der Waals surface area (Å²) in [6, 6.07) is 14.6. The summed E-state index contributed by atoms with van der Waals surface area (Å²) in [5.74, 6) is 0.549. The molecule has 2 amide bonds. The number of rotatable bonds is 12. The van der Waals surface area contributed by atoms with Crippen molar-refractivity contribution in [3.05, 3.63) is 59.7 Å². The van der Waals surface area contributed by atoms with E-state index in [1.54, 1.807) is 19.2 Å². The number of methoxy groups -OCH3 is 1. The zero-order valence-electron chi connectivity index (χ0n) is 21.9. The number of hydrogen-bond donors (Lipinski definition) is 1. The molecule has 1 N–H and O–H groups in total. The number of hydrazone groups is 1. The highest BCUT2D eigenvalue weighted by atomic mass is 16.6. The average Bonchev–Trinajstić information content (AvgIpc) is 2.91. The Morgan fingerprint density at radius 1 is 1.14 bits per heavy atom. The summed E-state index contributed by atoms with van der Waals surface area (Å²) in [6.45, 7) is 3.68. The monoisotopic (exact) mass is 509 g/mol. The molecule has 2 aromatic rings. The van der Waals surface area contributed by atoms with E-state index < -0.39 is 0 Å². The van der Waals surface area contributed by atoms with Crippen LogP contribution in [-0.4, -0.2) is 87.2 Å². The minimum atomic E-state index is -0.372. The van der Waals surface area contributed by atoms with Crippen LogP contribution in [0.25, 0.3) is 0 Å². The molecule has 10 nitrogen and oxygen atoms in total. The lowest BCUT2D eigenvalue weighted by Crippen LogP contribution is -2.37. The van der Waals surface area contributed by atoms with E-state index in [2.05, 4.69) is 15.6 Å². The second-order valence-corrected chi connectivity index (χ2v) is 8.60. The van der Waals surface area contributed by atoms with Gasteiger partial charge in [0.15, 0.2) is 23.8 Å². The summed E-state index contributed by atoms with van der Waals surface area (Å²) in [7, 11) is 5.44. The van der Waals surface area contributed by atoms with E-state index in [1.807, 2.05) is 62.3 Å². The fourth-order valence-electron chi connectivity index (χ4n) is 3.67. The van der Waals surface area contributed by atoms with Crippen LogP contribution >= 0.6 is 0 Å². The smallest absolute Gasteiger partial charge is 0.283 e. The van der Waals surface area contributed by atoms with Gasteiger partial charge in [-0.05, 0) is 52.1 Å². The minimum Gasteiger partial charge on any atom is -0.493 e. The number of carbonyl (C=O) groups excluding carboxylic acids is 2. The molecule has 0 saturated heterocycles. The summed E-state index contributed by atoms with van der Waals surface area (Å²) >= 11 is 0. The Bertz CT molecular complexity index is 1120. The van der Waals surface area contributed by atoms with Gasteiger partial charge in [-0.2, -0.15) is 5.10 Å². The standard InChI is InChI=1S/C27H35N5O5/c1-5-36-24-18-21(13-14-23(24)35-4)22-12-9-16-32(29-22)25(33)19-37-30-26(20-10-7-6-8-11-20)27(34)28-15-17-31(2)3/h6-8,10-11,13-14,18H,5,9,12,15-17,19H2,1-4H3,(H,28,34). The molecule has 1 aliphatic heterocycles.